The van der Waals surface area contributed by atoms with E-state index in [0.29, 0.717) is 19.3 Å². The molecule has 0 aromatic rings. The topological polar surface area (TPSA) is 78.9 Å². The van der Waals surface area contributed by atoms with Crippen LogP contribution in [-0.2, 0) is 28.6 Å². The van der Waals surface area contributed by atoms with Crippen molar-refractivity contribution >= 4 is 17.9 Å². The lowest BCUT2D eigenvalue weighted by Crippen LogP contribution is -2.30. The third kappa shape index (κ3) is 60.2. The number of hydrogen-bond donors (Lipinski definition) is 0. The lowest BCUT2D eigenvalue weighted by molar-refractivity contribution is -0.167. The maximum atomic E-state index is 12.9. The smallest absolute Gasteiger partial charge is 0.306 e. The summed E-state index contributed by atoms with van der Waals surface area (Å²) >= 11 is 0. The van der Waals surface area contributed by atoms with Crippen molar-refractivity contribution < 1.29 is 28.6 Å². The number of ether oxygens (including phenoxy) is 3. The summed E-state index contributed by atoms with van der Waals surface area (Å²) < 4.78 is 16.9. The molecule has 0 saturated heterocycles. The lowest BCUT2D eigenvalue weighted by Gasteiger charge is -2.18. The van der Waals surface area contributed by atoms with Gasteiger partial charge in [-0.1, -0.05) is 281 Å². The van der Waals surface area contributed by atoms with Gasteiger partial charge >= 0.3 is 17.9 Å². The van der Waals surface area contributed by atoms with Crippen LogP contribution in [0.5, 0.6) is 0 Å². The van der Waals surface area contributed by atoms with Gasteiger partial charge in [0.05, 0.1) is 0 Å². The zero-order valence-corrected chi connectivity index (χ0v) is 49.6. The van der Waals surface area contributed by atoms with Gasteiger partial charge in [0, 0.05) is 19.3 Å². The van der Waals surface area contributed by atoms with Crippen LogP contribution in [-0.4, -0.2) is 37.2 Å². The number of allylic oxidation sites excluding steroid dienone is 8. The summed E-state index contributed by atoms with van der Waals surface area (Å²) in [6.07, 6.45) is 78.5. The molecule has 0 rings (SSSR count). The SMILES string of the molecule is CCC/C=C\CCCCCCCC(=O)OCC(COC(=O)CCCCCCCCCCCCCCC/C=C\C/C=C\CCCCCCC)OC(=O)CCCCCCCCCCC/C=C\CCCCCCCCCC. The van der Waals surface area contributed by atoms with E-state index in [2.05, 4.69) is 69.4 Å². The average molecular weight is 1040 g/mol. The largest absolute Gasteiger partial charge is 0.462 e. The molecule has 0 aromatic heterocycles. The third-order valence-corrected chi connectivity index (χ3v) is 14.5. The van der Waals surface area contributed by atoms with Gasteiger partial charge < -0.3 is 14.2 Å². The van der Waals surface area contributed by atoms with Crippen LogP contribution in [0.15, 0.2) is 48.6 Å². The summed E-state index contributed by atoms with van der Waals surface area (Å²) in [6.45, 7) is 6.61. The van der Waals surface area contributed by atoms with Crippen molar-refractivity contribution in [3.63, 3.8) is 0 Å². The van der Waals surface area contributed by atoms with E-state index in [-0.39, 0.29) is 31.1 Å². The zero-order valence-electron chi connectivity index (χ0n) is 49.6. The molecule has 432 valence electrons. The first-order chi connectivity index (χ1) is 36.5. The van der Waals surface area contributed by atoms with Gasteiger partial charge in [0.15, 0.2) is 6.10 Å². The Balaban J connectivity index is 4.20. The molecule has 0 spiro atoms. The van der Waals surface area contributed by atoms with Gasteiger partial charge in [0.25, 0.3) is 0 Å². The summed E-state index contributed by atoms with van der Waals surface area (Å²) in [6, 6.07) is 0. The van der Waals surface area contributed by atoms with Crippen LogP contribution in [0.3, 0.4) is 0 Å². The average Bonchev–Trinajstić information content (AvgIpc) is 3.40. The maximum Gasteiger partial charge on any atom is 0.306 e. The minimum atomic E-state index is -0.777. The van der Waals surface area contributed by atoms with E-state index >= 15 is 0 Å². The van der Waals surface area contributed by atoms with E-state index in [1.807, 2.05) is 0 Å². The second-order valence-corrected chi connectivity index (χ2v) is 22.0. The molecule has 0 fully saturated rings. The first kappa shape index (κ1) is 71.4. The molecule has 74 heavy (non-hydrogen) atoms. The molecule has 0 N–H and O–H groups in total. The van der Waals surface area contributed by atoms with Crippen LogP contribution in [0.1, 0.15) is 348 Å². The molecule has 6 heteroatoms. The lowest BCUT2D eigenvalue weighted by atomic mass is 10.0. The normalized spacial score (nSPS) is 12.3. The zero-order chi connectivity index (χ0) is 53.6. The van der Waals surface area contributed by atoms with E-state index in [9.17, 15) is 14.4 Å². The van der Waals surface area contributed by atoms with E-state index < -0.39 is 6.10 Å². The van der Waals surface area contributed by atoms with Gasteiger partial charge in [0.2, 0.25) is 0 Å². The van der Waals surface area contributed by atoms with Gasteiger partial charge in [-0.15, -0.1) is 0 Å². The van der Waals surface area contributed by atoms with Crippen molar-refractivity contribution in [3.05, 3.63) is 48.6 Å². The van der Waals surface area contributed by atoms with E-state index in [1.54, 1.807) is 0 Å². The summed E-state index contributed by atoms with van der Waals surface area (Å²) in [5.74, 6) is -0.870. The van der Waals surface area contributed by atoms with Crippen molar-refractivity contribution in [2.24, 2.45) is 0 Å². The standard InChI is InChI=1S/C68H124O6/c1-4-7-10-13-16-19-22-24-26-28-30-32-33-34-35-37-38-40-42-44-46-49-52-55-58-61-67(70)73-64-65(63-72-66(69)60-57-54-51-48-21-18-15-12-9-6-3)74-68(71)62-59-56-53-50-47-45-43-41-39-36-31-29-27-25-23-20-17-14-11-8-5-2/h12,15,22,24,28-31,65H,4-11,13-14,16-21,23,25-27,32-64H2,1-3H3/b15-12-,24-22-,30-28-,31-29-. The van der Waals surface area contributed by atoms with Crippen molar-refractivity contribution in [1.29, 1.82) is 0 Å². The second kappa shape index (κ2) is 62.9. The van der Waals surface area contributed by atoms with Crippen LogP contribution in [0.2, 0.25) is 0 Å². The molecule has 0 radical (unpaired) electrons. The molecule has 0 heterocycles. The number of unbranched alkanes of at least 4 members (excludes halogenated alkanes) is 41. The van der Waals surface area contributed by atoms with Crippen LogP contribution in [0.25, 0.3) is 0 Å². The van der Waals surface area contributed by atoms with Crippen LogP contribution in [0, 0.1) is 0 Å². The van der Waals surface area contributed by atoms with Crippen molar-refractivity contribution in [3.8, 4) is 0 Å². The van der Waals surface area contributed by atoms with Gasteiger partial charge in [-0.3, -0.25) is 14.4 Å². The summed E-state index contributed by atoms with van der Waals surface area (Å²) in [4.78, 5) is 38.2. The Kier molecular flexibility index (Phi) is 60.7. The molecule has 6 nitrogen and oxygen atoms in total. The van der Waals surface area contributed by atoms with E-state index in [4.69, 9.17) is 14.2 Å². The summed E-state index contributed by atoms with van der Waals surface area (Å²) in [7, 11) is 0. The Morgan fingerprint density at radius 1 is 0.270 bits per heavy atom. The fraction of sp³-hybridized carbons (Fsp3) is 0.838. The van der Waals surface area contributed by atoms with Gasteiger partial charge in [-0.25, -0.2) is 0 Å². The quantitative estimate of drug-likeness (QED) is 0.0261. The van der Waals surface area contributed by atoms with Crippen molar-refractivity contribution in [1.82, 2.24) is 0 Å². The van der Waals surface area contributed by atoms with E-state index in [1.165, 1.54) is 231 Å². The van der Waals surface area contributed by atoms with E-state index in [0.717, 1.165) is 77.0 Å². The van der Waals surface area contributed by atoms with Crippen LogP contribution in [0.4, 0.5) is 0 Å². The molecule has 1 unspecified atom stereocenters. The predicted molar refractivity (Wildman–Crippen MR) is 321 cm³/mol. The second-order valence-electron chi connectivity index (χ2n) is 22.0. The molecule has 0 aliphatic rings. The predicted octanol–water partition coefficient (Wildman–Crippen LogP) is 22.2. The van der Waals surface area contributed by atoms with Gasteiger partial charge in [0.1, 0.15) is 13.2 Å². The fourth-order valence-electron chi connectivity index (χ4n) is 9.59. The Hall–Kier alpha value is -2.63. The number of hydrogen-bond acceptors (Lipinski definition) is 6. The molecule has 0 aliphatic heterocycles. The molecular formula is C68H124O6. The van der Waals surface area contributed by atoms with Crippen molar-refractivity contribution in [2.45, 2.75) is 354 Å². The molecule has 0 aliphatic carbocycles. The molecule has 0 amide bonds. The number of carbonyl (C=O) groups is 3. The fourth-order valence-corrected chi connectivity index (χ4v) is 9.59. The molecule has 0 aromatic carbocycles. The van der Waals surface area contributed by atoms with Crippen molar-refractivity contribution in [2.75, 3.05) is 13.2 Å². The molecule has 1 atom stereocenters. The van der Waals surface area contributed by atoms with Crippen LogP contribution >= 0.6 is 0 Å². The number of rotatable bonds is 60. The highest BCUT2D eigenvalue weighted by atomic mass is 16.6. The third-order valence-electron chi connectivity index (χ3n) is 14.5. The summed E-state index contributed by atoms with van der Waals surface area (Å²) in [5.41, 5.74) is 0. The summed E-state index contributed by atoms with van der Waals surface area (Å²) in [5, 5.41) is 0. The number of esters is 3. The minimum Gasteiger partial charge on any atom is -0.462 e. The Morgan fingerprint density at radius 3 is 0.811 bits per heavy atom. The minimum absolute atomic E-state index is 0.0745. The molecule has 0 bridgehead atoms. The highest BCUT2D eigenvalue weighted by molar-refractivity contribution is 5.71. The highest BCUT2D eigenvalue weighted by Crippen LogP contribution is 2.17. The monoisotopic (exact) mass is 1040 g/mol. The number of carbonyl (C=O) groups excluding carboxylic acids is 3. The highest BCUT2D eigenvalue weighted by Gasteiger charge is 2.19. The molecule has 0 saturated carbocycles. The molecular weight excluding hydrogens is 913 g/mol. The Bertz CT molecular complexity index is 1280. The first-order valence-electron chi connectivity index (χ1n) is 32.6. The maximum absolute atomic E-state index is 12.9. The van der Waals surface area contributed by atoms with Gasteiger partial charge in [-0.2, -0.15) is 0 Å². The Morgan fingerprint density at radius 2 is 0.514 bits per heavy atom. The first-order valence-corrected chi connectivity index (χ1v) is 32.6. The van der Waals surface area contributed by atoms with Crippen LogP contribution < -0.4 is 0 Å². The van der Waals surface area contributed by atoms with Gasteiger partial charge in [-0.05, 0) is 96.3 Å². The Labute approximate surface area is 460 Å².